The predicted octanol–water partition coefficient (Wildman–Crippen LogP) is 2.59. The first-order valence-corrected chi connectivity index (χ1v) is 6.67. The molecule has 0 aromatic heterocycles. The van der Waals surface area contributed by atoms with Crippen molar-refractivity contribution in [1.82, 2.24) is 9.80 Å². The van der Waals surface area contributed by atoms with Crippen molar-refractivity contribution in [3.8, 4) is 0 Å². The summed E-state index contributed by atoms with van der Waals surface area (Å²) < 4.78 is 0. The van der Waals surface area contributed by atoms with Gasteiger partial charge in [-0.25, -0.2) is 0 Å². The Bertz CT molecular complexity index is 168. The number of rotatable bonds is 5. The highest BCUT2D eigenvalue weighted by Crippen LogP contribution is 2.18. The van der Waals surface area contributed by atoms with Crippen molar-refractivity contribution in [3.63, 3.8) is 0 Å². The zero-order valence-corrected chi connectivity index (χ0v) is 11.0. The minimum atomic E-state index is 0.690. The number of likely N-dealkylation sites (tertiary alicyclic amines) is 1. The van der Waals surface area contributed by atoms with Crippen LogP contribution in [0.2, 0.25) is 0 Å². The first-order valence-electron chi connectivity index (χ1n) is 6.67. The maximum atomic E-state index is 2.66. The molecule has 0 saturated carbocycles. The Kier molecular flexibility index (Phi) is 5.62. The molecule has 0 aromatic carbocycles. The molecule has 1 atom stereocenters. The van der Waals surface area contributed by atoms with E-state index in [4.69, 9.17) is 0 Å². The SMILES string of the molecule is CCN(CC1CCCCN1CC)C(C)C. The summed E-state index contributed by atoms with van der Waals surface area (Å²) >= 11 is 0. The van der Waals surface area contributed by atoms with Gasteiger partial charge in [0.25, 0.3) is 0 Å². The summed E-state index contributed by atoms with van der Waals surface area (Å²) in [6, 6.07) is 1.50. The van der Waals surface area contributed by atoms with E-state index >= 15 is 0 Å². The Morgan fingerprint density at radius 2 is 2.00 bits per heavy atom. The Labute approximate surface area is 95.6 Å². The van der Waals surface area contributed by atoms with Crippen LogP contribution in [0.5, 0.6) is 0 Å². The third-order valence-electron chi connectivity index (χ3n) is 3.74. The fourth-order valence-electron chi connectivity index (χ4n) is 2.66. The van der Waals surface area contributed by atoms with Crippen LogP contribution in [0.4, 0.5) is 0 Å². The van der Waals surface area contributed by atoms with Gasteiger partial charge in [0, 0.05) is 18.6 Å². The summed E-state index contributed by atoms with van der Waals surface area (Å²) in [7, 11) is 0. The zero-order valence-electron chi connectivity index (χ0n) is 11.0. The van der Waals surface area contributed by atoms with E-state index in [1.807, 2.05) is 0 Å². The van der Waals surface area contributed by atoms with E-state index in [-0.39, 0.29) is 0 Å². The number of likely N-dealkylation sites (N-methyl/N-ethyl adjacent to an activating group) is 2. The monoisotopic (exact) mass is 212 g/mol. The van der Waals surface area contributed by atoms with E-state index in [2.05, 4.69) is 37.5 Å². The molecule has 1 aliphatic rings. The van der Waals surface area contributed by atoms with Gasteiger partial charge in [0.05, 0.1) is 0 Å². The van der Waals surface area contributed by atoms with Gasteiger partial charge in [-0.05, 0) is 46.3 Å². The van der Waals surface area contributed by atoms with Crippen LogP contribution in [-0.2, 0) is 0 Å². The summed E-state index contributed by atoms with van der Waals surface area (Å²) in [6.45, 7) is 14.2. The lowest BCUT2D eigenvalue weighted by molar-refractivity contribution is 0.0982. The molecule has 2 heteroatoms. The molecule has 15 heavy (non-hydrogen) atoms. The number of nitrogens with zero attached hydrogens (tertiary/aromatic N) is 2. The molecule has 0 radical (unpaired) electrons. The second kappa shape index (κ2) is 6.49. The Balaban J connectivity index is 2.46. The van der Waals surface area contributed by atoms with Crippen LogP contribution < -0.4 is 0 Å². The molecule has 0 aromatic rings. The van der Waals surface area contributed by atoms with Crippen molar-refractivity contribution in [3.05, 3.63) is 0 Å². The molecule has 1 saturated heterocycles. The summed E-state index contributed by atoms with van der Waals surface area (Å²) in [5.74, 6) is 0. The molecule has 0 spiro atoms. The highest BCUT2D eigenvalue weighted by molar-refractivity contribution is 4.80. The number of piperidine rings is 1. The van der Waals surface area contributed by atoms with Crippen LogP contribution in [0.3, 0.4) is 0 Å². The highest BCUT2D eigenvalue weighted by atomic mass is 15.2. The van der Waals surface area contributed by atoms with Gasteiger partial charge in [-0.2, -0.15) is 0 Å². The van der Waals surface area contributed by atoms with E-state index in [0.29, 0.717) is 6.04 Å². The van der Waals surface area contributed by atoms with E-state index in [9.17, 15) is 0 Å². The normalized spacial score (nSPS) is 24.0. The van der Waals surface area contributed by atoms with Crippen LogP contribution in [0.15, 0.2) is 0 Å². The summed E-state index contributed by atoms with van der Waals surface area (Å²) in [5, 5.41) is 0. The summed E-state index contributed by atoms with van der Waals surface area (Å²) in [4.78, 5) is 5.26. The van der Waals surface area contributed by atoms with Gasteiger partial charge in [0.15, 0.2) is 0 Å². The molecular formula is C13H28N2. The maximum Gasteiger partial charge on any atom is 0.0223 e. The van der Waals surface area contributed by atoms with E-state index < -0.39 is 0 Å². The summed E-state index contributed by atoms with van der Waals surface area (Å²) in [5.41, 5.74) is 0. The minimum Gasteiger partial charge on any atom is -0.300 e. The molecule has 0 amide bonds. The van der Waals surface area contributed by atoms with Crippen molar-refractivity contribution in [2.75, 3.05) is 26.2 Å². The quantitative estimate of drug-likeness (QED) is 0.691. The van der Waals surface area contributed by atoms with Crippen molar-refractivity contribution in [1.29, 1.82) is 0 Å². The molecule has 0 aliphatic carbocycles. The standard InChI is InChI=1S/C13H28N2/c1-5-14-10-8-7-9-13(14)11-15(6-2)12(3)4/h12-13H,5-11H2,1-4H3. The lowest BCUT2D eigenvalue weighted by Gasteiger charge is -2.39. The van der Waals surface area contributed by atoms with Gasteiger partial charge < -0.3 is 0 Å². The number of hydrogen-bond donors (Lipinski definition) is 0. The van der Waals surface area contributed by atoms with Gasteiger partial charge in [-0.15, -0.1) is 0 Å². The van der Waals surface area contributed by atoms with E-state index in [1.165, 1.54) is 45.4 Å². The molecule has 0 N–H and O–H groups in total. The second-order valence-corrected chi connectivity index (χ2v) is 4.96. The summed E-state index contributed by atoms with van der Waals surface area (Å²) in [6.07, 6.45) is 4.23. The van der Waals surface area contributed by atoms with Gasteiger partial charge >= 0.3 is 0 Å². The third kappa shape index (κ3) is 3.76. The van der Waals surface area contributed by atoms with Crippen LogP contribution in [0.1, 0.15) is 47.0 Å². The largest absolute Gasteiger partial charge is 0.300 e. The van der Waals surface area contributed by atoms with E-state index in [0.717, 1.165) is 6.04 Å². The molecule has 0 bridgehead atoms. The molecule has 1 aliphatic heterocycles. The van der Waals surface area contributed by atoms with E-state index in [1.54, 1.807) is 0 Å². The second-order valence-electron chi connectivity index (χ2n) is 4.96. The van der Waals surface area contributed by atoms with Gasteiger partial charge in [-0.1, -0.05) is 20.3 Å². The lowest BCUT2D eigenvalue weighted by Crippen LogP contribution is -2.48. The predicted molar refractivity (Wildman–Crippen MR) is 67.3 cm³/mol. The van der Waals surface area contributed by atoms with Crippen LogP contribution in [0.25, 0.3) is 0 Å². The maximum absolute atomic E-state index is 2.66. The average molecular weight is 212 g/mol. The minimum absolute atomic E-state index is 0.690. The smallest absolute Gasteiger partial charge is 0.0223 e. The van der Waals surface area contributed by atoms with Crippen molar-refractivity contribution >= 4 is 0 Å². The Morgan fingerprint density at radius 1 is 1.27 bits per heavy atom. The zero-order chi connectivity index (χ0) is 11.3. The molecule has 1 heterocycles. The van der Waals surface area contributed by atoms with Crippen molar-refractivity contribution < 1.29 is 0 Å². The van der Waals surface area contributed by atoms with Gasteiger partial charge in [0.2, 0.25) is 0 Å². The van der Waals surface area contributed by atoms with Crippen molar-refractivity contribution in [2.45, 2.75) is 59.0 Å². The van der Waals surface area contributed by atoms with Gasteiger partial charge in [-0.3, -0.25) is 9.80 Å². The Hall–Kier alpha value is -0.0800. The van der Waals surface area contributed by atoms with Crippen molar-refractivity contribution in [2.24, 2.45) is 0 Å². The molecule has 1 unspecified atom stereocenters. The molecule has 2 nitrogen and oxygen atoms in total. The molecule has 1 rings (SSSR count). The first-order chi connectivity index (χ1) is 7.19. The number of hydrogen-bond acceptors (Lipinski definition) is 2. The lowest BCUT2D eigenvalue weighted by atomic mass is 10.0. The average Bonchev–Trinajstić information content (AvgIpc) is 2.25. The molecular weight excluding hydrogens is 184 g/mol. The van der Waals surface area contributed by atoms with Gasteiger partial charge in [0.1, 0.15) is 0 Å². The fourth-order valence-corrected chi connectivity index (χ4v) is 2.66. The molecule has 90 valence electrons. The Morgan fingerprint density at radius 3 is 2.53 bits per heavy atom. The highest BCUT2D eigenvalue weighted by Gasteiger charge is 2.23. The van der Waals surface area contributed by atoms with Crippen LogP contribution in [0, 0.1) is 0 Å². The fraction of sp³-hybridized carbons (Fsp3) is 1.00. The topological polar surface area (TPSA) is 6.48 Å². The van der Waals surface area contributed by atoms with Crippen LogP contribution >= 0.6 is 0 Å². The van der Waals surface area contributed by atoms with Crippen LogP contribution in [-0.4, -0.2) is 48.1 Å². The molecule has 1 fully saturated rings. The first kappa shape index (κ1) is 13.0. The third-order valence-corrected chi connectivity index (χ3v) is 3.74.